The summed E-state index contributed by atoms with van der Waals surface area (Å²) in [5, 5.41) is 0. The van der Waals surface area contributed by atoms with Crippen molar-refractivity contribution >= 4 is 21.5 Å². The molecule has 0 spiro atoms. The van der Waals surface area contributed by atoms with Gasteiger partial charge in [-0.05, 0) is 54.8 Å². The van der Waals surface area contributed by atoms with Gasteiger partial charge in [-0.25, -0.2) is 12.7 Å². The zero-order valence-electron chi connectivity index (χ0n) is 18.5. The molecular formula is C26H22F3NO3S. The van der Waals surface area contributed by atoms with Crippen LogP contribution in [0.3, 0.4) is 0 Å². The van der Waals surface area contributed by atoms with E-state index in [2.05, 4.69) is 0 Å². The molecule has 0 bridgehead atoms. The number of amides is 1. The molecule has 0 aliphatic carbocycles. The number of nitrogens with zero attached hydrogens (tertiary/aromatic N) is 1. The number of sulfonamides is 1. The van der Waals surface area contributed by atoms with Gasteiger partial charge in [0, 0.05) is 0 Å². The summed E-state index contributed by atoms with van der Waals surface area (Å²) in [5.41, 5.74) is 1.95. The lowest BCUT2D eigenvalue weighted by molar-refractivity contribution is -0.137. The van der Waals surface area contributed by atoms with Crippen LogP contribution >= 0.6 is 0 Å². The predicted molar refractivity (Wildman–Crippen MR) is 123 cm³/mol. The minimum Gasteiger partial charge on any atom is -0.273 e. The quantitative estimate of drug-likeness (QED) is 0.475. The Morgan fingerprint density at radius 3 is 2.21 bits per heavy atom. The number of hydrogen-bond acceptors (Lipinski definition) is 3. The lowest BCUT2D eigenvalue weighted by atomic mass is 9.83. The van der Waals surface area contributed by atoms with Crippen LogP contribution < -0.4 is 0 Å². The van der Waals surface area contributed by atoms with Gasteiger partial charge in [0.25, 0.3) is 10.0 Å². The zero-order valence-corrected chi connectivity index (χ0v) is 19.3. The zero-order chi connectivity index (χ0) is 24.7. The van der Waals surface area contributed by atoms with E-state index in [1.54, 1.807) is 30.3 Å². The van der Waals surface area contributed by atoms with E-state index in [4.69, 9.17) is 0 Å². The average Bonchev–Trinajstić information content (AvgIpc) is 2.78. The van der Waals surface area contributed by atoms with E-state index < -0.39 is 33.6 Å². The fourth-order valence-electron chi connectivity index (χ4n) is 4.05. The molecule has 0 fully saturated rings. The molecule has 1 aliphatic rings. The number of halogens is 3. The molecule has 0 N–H and O–H groups in total. The number of aryl methyl sites for hydroxylation is 2. The Kier molecular flexibility index (Phi) is 6.12. The van der Waals surface area contributed by atoms with Crippen molar-refractivity contribution in [2.75, 3.05) is 6.54 Å². The van der Waals surface area contributed by atoms with Crippen LogP contribution in [0, 0.1) is 13.8 Å². The third-order valence-corrected chi connectivity index (χ3v) is 7.57. The van der Waals surface area contributed by atoms with Crippen molar-refractivity contribution in [2.24, 2.45) is 0 Å². The highest BCUT2D eigenvalue weighted by Crippen LogP contribution is 2.40. The fraction of sp³-hybridized carbons (Fsp3) is 0.192. The summed E-state index contributed by atoms with van der Waals surface area (Å²) >= 11 is 0. The van der Waals surface area contributed by atoms with Gasteiger partial charge in [0.2, 0.25) is 5.91 Å². The number of benzene rings is 3. The first-order chi connectivity index (χ1) is 16.0. The second-order valence-corrected chi connectivity index (χ2v) is 10.1. The Hall–Kier alpha value is -3.39. The van der Waals surface area contributed by atoms with E-state index in [1.165, 1.54) is 30.3 Å². The molecule has 0 saturated heterocycles. The highest BCUT2D eigenvalue weighted by molar-refractivity contribution is 7.89. The Bertz CT molecular complexity index is 1380. The minimum absolute atomic E-state index is 0.0228. The molecule has 3 aromatic carbocycles. The van der Waals surface area contributed by atoms with Crippen molar-refractivity contribution in [3.05, 3.63) is 107 Å². The van der Waals surface area contributed by atoms with E-state index in [0.717, 1.165) is 27.6 Å². The average molecular weight is 486 g/mol. The summed E-state index contributed by atoms with van der Waals surface area (Å²) in [7, 11) is -4.16. The van der Waals surface area contributed by atoms with Crippen molar-refractivity contribution in [3.63, 3.8) is 0 Å². The molecule has 4 rings (SSSR count). The van der Waals surface area contributed by atoms with Crippen molar-refractivity contribution in [3.8, 4) is 0 Å². The summed E-state index contributed by atoms with van der Waals surface area (Å²) in [6.45, 7) is 3.37. The topological polar surface area (TPSA) is 54.5 Å². The van der Waals surface area contributed by atoms with Gasteiger partial charge in [-0.3, -0.25) is 4.79 Å². The van der Waals surface area contributed by atoms with Crippen LogP contribution in [0.25, 0.3) is 5.57 Å². The Morgan fingerprint density at radius 2 is 1.56 bits per heavy atom. The van der Waals surface area contributed by atoms with Crippen LogP contribution in [-0.2, 0) is 21.0 Å². The molecule has 1 atom stereocenters. The molecule has 0 radical (unpaired) electrons. The molecular weight excluding hydrogens is 463 g/mol. The van der Waals surface area contributed by atoms with Gasteiger partial charge >= 0.3 is 6.18 Å². The van der Waals surface area contributed by atoms with Gasteiger partial charge in [-0.1, -0.05) is 65.7 Å². The maximum absolute atomic E-state index is 13.7. The molecule has 1 heterocycles. The van der Waals surface area contributed by atoms with Gasteiger partial charge in [-0.15, -0.1) is 0 Å². The third-order valence-electron chi connectivity index (χ3n) is 5.79. The van der Waals surface area contributed by atoms with Crippen LogP contribution in [-0.4, -0.2) is 25.2 Å². The number of alkyl halides is 3. The highest BCUT2D eigenvalue weighted by Gasteiger charge is 2.40. The molecule has 3 aromatic rings. The van der Waals surface area contributed by atoms with Gasteiger partial charge in [0.05, 0.1) is 22.9 Å². The van der Waals surface area contributed by atoms with E-state index in [0.29, 0.717) is 11.1 Å². The number of hydrogen-bond donors (Lipinski definition) is 0. The van der Waals surface area contributed by atoms with Crippen LogP contribution in [0.1, 0.15) is 33.7 Å². The standard InChI is InChI=1S/C26H22F3NO3S/c1-17-9-11-22(12-10-17)34(32,33)30-14-13-23(19-6-4-8-21(16-19)26(27,28)29)24(25(30)31)20-7-3-5-18(2)15-20/h3-13,15-16,24H,14H2,1-2H3/t24-/m1/s1. The van der Waals surface area contributed by atoms with Crippen LogP contribution in [0.4, 0.5) is 13.2 Å². The molecule has 176 valence electrons. The normalized spacial score (nSPS) is 17.0. The third kappa shape index (κ3) is 4.50. The van der Waals surface area contributed by atoms with E-state index in [9.17, 15) is 26.4 Å². The summed E-state index contributed by atoms with van der Waals surface area (Å²) < 4.78 is 67.4. The van der Waals surface area contributed by atoms with Crippen molar-refractivity contribution in [1.82, 2.24) is 4.31 Å². The summed E-state index contributed by atoms with van der Waals surface area (Å²) in [5.74, 6) is -1.78. The molecule has 34 heavy (non-hydrogen) atoms. The lowest BCUT2D eigenvalue weighted by Crippen LogP contribution is -2.43. The molecule has 1 aliphatic heterocycles. The van der Waals surface area contributed by atoms with Crippen LogP contribution in [0.15, 0.2) is 83.8 Å². The summed E-state index contributed by atoms with van der Waals surface area (Å²) in [6, 6.07) is 17.9. The van der Waals surface area contributed by atoms with E-state index >= 15 is 0 Å². The SMILES string of the molecule is Cc1ccc(S(=O)(=O)N2CC=C(c3cccc(C(F)(F)F)c3)[C@@H](c3cccc(C)c3)C2=O)cc1. The second kappa shape index (κ2) is 8.76. The van der Waals surface area contributed by atoms with Crippen molar-refractivity contribution < 1.29 is 26.4 Å². The largest absolute Gasteiger partial charge is 0.416 e. The molecule has 8 heteroatoms. The van der Waals surface area contributed by atoms with Crippen LogP contribution in [0.5, 0.6) is 0 Å². The first-order valence-corrected chi connectivity index (χ1v) is 12.0. The Labute approximate surface area is 196 Å². The fourth-order valence-corrected chi connectivity index (χ4v) is 5.40. The maximum Gasteiger partial charge on any atom is 0.416 e. The molecule has 0 aromatic heterocycles. The Balaban J connectivity index is 1.85. The lowest BCUT2D eigenvalue weighted by Gasteiger charge is -2.32. The first-order valence-electron chi connectivity index (χ1n) is 10.6. The first kappa shape index (κ1) is 23.8. The number of carbonyl (C=O) groups excluding carboxylic acids is 1. The number of carbonyl (C=O) groups is 1. The Morgan fingerprint density at radius 1 is 0.882 bits per heavy atom. The monoisotopic (exact) mass is 485 g/mol. The van der Waals surface area contributed by atoms with Gasteiger partial charge in [-0.2, -0.15) is 13.2 Å². The molecule has 4 nitrogen and oxygen atoms in total. The molecule has 0 unspecified atom stereocenters. The second-order valence-electron chi connectivity index (χ2n) is 8.27. The van der Waals surface area contributed by atoms with Crippen molar-refractivity contribution in [1.29, 1.82) is 0 Å². The van der Waals surface area contributed by atoms with Crippen molar-refractivity contribution in [2.45, 2.75) is 30.8 Å². The number of rotatable bonds is 4. The highest BCUT2D eigenvalue weighted by atomic mass is 32.2. The van der Waals surface area contributed by atoms with E-state index in [1.807, 2.05) is 19.9 Å². The predicted octanol–water partition coefficient (Wildman–Crippen LogP) is 5.72. The van der Waals surface area contributed by atoms with Gasteiger partial charge in [0.1, 0.15) is 0 Å². The molecule has 1 amide bonds. The smallest absolute Gasteiger partial charge is 0.273 e. The van der Waals surface area contributed by atoms with Gasteiger partial charge < -0.3 is 0 Å². The minimum atomic E-state index is -4.55. The van der Waals surface area contributed by atoms with Crippen LogP contribution in [0.2, 0.25) is 0 Å². The summed E-state index contributed by atoms with van der Waals surface area (Å²) in [4.78, 5) is 13.7. The van der Waals surface area contributed by atoms with E-state index in [-0.39, 0.29) is 17.0 Å². The van der Waals surface area contributed by atoms with Gasteiger partial charge in [0.15, 0.2) is 0 Å². The summed E-state index contributed by atoms with van der Waals surface area (Å²) in [6.07, 6.45) is -3.02. The molecule has 0 saturated carbocycles. The maximum atomic E-state index is 13.7.